The van der Waals surface area contributed by atoms with E-state index in [2.05, 4.69) is 34.5 Å². The first kappa shape index (κ1) is 17.6. The highest BCUT2D eigenvalue weighted by Gasteiger charge is 2.17. The zero-order chi connectivity index (χ0) is 17.8. The summed E-state index contributed by atoms with van der Waals surface area (Å²) in [5.41, 5.74) is 9.32. The Bertz CT molecular complexity index is 779. The Balaban J connectivity index is 1.56. The van der Waals surface area contributed by atoms with Crippen molar-refractivity contribution in [2.24, 2.45) is 0 Å². The molecule has 1 aliphatic heterocycles. The fourth-order valence-electron chi connectivity index (χ4n) is 3.08. The summed E-state index contributed by atoms with van der Waals surface area (Å²) in [6.07, 6.45) is 1.05. The maximum absolute atomic E-state index is 12.4. The van der Waals surface area contributed by atoms with Gasteiger partial charge in [0.1, 0.15) is 5.75 Å². The van der Waals surface area contributed by atoms with E-state index in [1.807, 2.05) is 0 Å². The second kappa shape index (κ2) is 7.76. The van der Waals surface area contributed by atoms with Gasteiger partial charge in [0.25, 0.3) is 5.91 Å². The Hall–Kier alpha value is -2.24. The number of benzene rings is 2. The fourth-order valence-corrected chi connectivity index (χ4v) is 3.25. The van der Waals surface area contributed by atoms with E-state index < -0.39 is 0 Å². The summed E-state index contributed by atoms with van der Waals surface area (Å²) in [5.74, 6) is 0.211. The van der Waals surface area contributed by atoms with Crippen LogP contribution in [0.2, 0.25) is 5.02 Å². The minimum absolute atomic E-state index is 0.212. The Labute approximate surface area is 152 Å². The molecule has 3 rings (SSSR count). The highest BCUT2D eigenvalue weighted by atomic mass is 35.5. The minimum atomic E-state index is -0.212. The number of amides is 1. The van der Waals surface area contributed by atoms with E-state index in [1.165, 1.54) is 18.2 Å². The van der Waals surface area contributed by atoms with Gasteiger partial charge in [0, 0.05) is 32.2 Å². The fraction of sp³-hybridized carbons (Fsp3) is 0.316. The molecule has 2 aromatic rings. The van der Waals surface area contributed by atoms with E-state index >= 15 is 0 Å². The van der Waals surface area contributed by atoms with Crippen molar-refractivity contribution in [3.63, 3.8) is 0 Å². The molecule has 5 nitrogen and oxygen atoms in total. The van der Waals surface area contributed by atoms with E-state index in [9.17, 15) is 4.79 Å². The largest absolute Gasteiger partial charge is 0.496 e. The lowest BCUT2D eigenvalue weighted by atomic mass is 10.00. The van der Waals surface area contributed by atoms with E-state index in [-0.39, 0.29) is 5.91 Å². The SMILES string of the molecule is COc1cc(N)c(Cl)cc1C(=O)NCCN1CCc2ccccc2C1. The number of nitrogen functional groups attached to an aromatic ring is 1. The van der Waals surface area contributed by atoms with E-state index in [4.69, 9.17) is 22.1 Å². The second-order valence-electron chi connectivity index (χ2n) is 6.12. The molecule has 0 fully saturated rings. The summed E-state index contributed by atoms with van der Waals surface area (Å²) < 4.78 is 5.23. The number of methoxy groups -OCH3 is 1. The molecule has 1 amide bonds. The molecule has 0 aromatic heterocycles. The van der Waals surface area contributed by atoms with Crippen molar-refractivity contribution < 1.29 is 9.53 Å². The Morgan fingerprint density at radius 1 is 1.32 bits per heavy atom. The molecule has 1 heterocycles. The third kappa shape index (κ3) is 4.06. The first-order chi connectivity index (χ1) is 12.1. The van der Waals surface area contributed by atoms with Crippen LogP contribution in [0.25, 0.3) is 0 Å². The van der Waals surface area contributed by atoms with Crippen molar-refractivity contribution in [2.75, 3.05) is 32.5 Å². The van der Waals surface area contributed by atoms with E-state index in [1.54, 1.807) is 12.1 Å². The predicted octanol–water partition coefficient (Wildman–Crippen LogP) is 2.72. The summed E-state index contributed by atoms with van der Waals surface area (Å²) in [7, 11) is 1.50. The Morgan fingerprint density at radius 2 is 2.08 bits per heavy atom. The second-order valence-corrected chi connectivity index (χ2v) is 6.53. The molecule has 3 N–H and O–H groups in total. The number of nitrogens with zero attached hydrogens (tertiary/aromatic N) is 1. The standard InChI is InChI=1S/C19H22ClN3O2/c1-25-18-11-17(21)16(20)10-15(18)19(24)22-7-9-23-8-6-13-4-2-3-5-14(13)12-23/h2-5,10-11H,6-9,12,21H2,1H3,(H,22,24). The van der Waals surface area contributed by atoms with Crippen molar-refractivity contribution >= 4 is 23.2 Å². The van der Waals surface area contributed by atoms with Gasteiger partial charge in [0.05, 0.1) is 23.4 Å². The van der Waals surface area contributed by atoms with Gasteiger partial charge < -0.3 is 15.8 Å². The van der Waals surface area contributed by atoms with E-state index in [0.717, 1.165) is 26.1 Å². The molecule has 0 unspecified atom stereocenters. The number of carbonyl (C=O) groups excluding carboxylic acids is 1. The zero-order valence-electron chi connectivity index (χ0n) is 14.2. The van der Waals surface area contributed by atoms with Crippen LogP contribution in [-0.4, -0.2) is 37.6 Å². The molecule has 25 heavy (non-hydrogen) atoms. The topological polar surface area (TPSA) is 67.6 Å². The van der Waals surface area contributed by atoms with Crippen molar-refractivity contribution in [1.29, 1.82) is 0 Å². The van der Waals surface area contributed by atoms with Crippen LogP contribution in [0.3, 0.4) is 0 Å². The van der Waals surface area contributed by atoms with Gasteiger partial charge in [0.15, 0.2) is 0 Å². The predicted molar refractivity (Wildman–Crippen MR) is 100 cm³/mol. The van der Waals surface area contributed by atoms with Gasteiger partial charge in [-0.15, -0.1) is 0 Å². The minimum Gasteiger partial charge on any atom is -0.496 e. The van der Waals surface area contributed by atoms with Crippen LogP contribution < -0.4 is 15.8 Å². The smallest absolute Gasteiger partial charge is 0.255 e. The van der Waals surface area contributed by atoms with Gasteiger partial charge in [-0.1, -0.05) is 35.9 Å². The highest BCUT2D eigenvalue weighted by Crippen LogP contribution is 2.28. The van der Waals surface area contributed by atoms with Crippen molar-refractivity contribution in [1.82, 2.24) is 10.2 Å². The highest BCUT2D eigenvalue weighted by molar-refractivity contribution is 6.33. The molecule has 0 atom stereocenters. The summed E-state index contributed by atoms with van der Waals surface area (Å²) in [6, 6.07) is 11.6. The normalized spacial score (nSPS) is 14.0. The zero-order valence-corrected chi connectivity index (χ0v) is 15.0. The van der Waals surface area contributed by atoms with Crippen LogP contribution in [-0.2, 0) is 13.0 Å². The van der Waals surface area contributed by atoms with Gasteiger partial charge in [0.2, 0.25) is 0 Å². The molecule has 2 aromatic carbocycles. The average molecular weight is 360 g/mol. The molecule has 132 valence electrons. The van der Waals surface area contributed by atoms with Crippen LogP contribution in [0, 0.1) is 0 Å². The van der Waals surface area contributed by atoms with Crippen molar-refractivity contribution in [3.05, 3.63) is 58.1 Å². The van der Waals surface area contributed by atoms with Crippen LogP contribution >= 0.6 is 11.6 Å². The van der Waals surface area contributed by atoms with Crippen LogP contribution in [0.1, 0.15) is 21.5 Å². The molecule has 0 saturated heterocycles. The molecule has 0 bridgehead atoms. The molecule has 0 saturated carbocycles. The number of rotatable bonds is 5. The van der Waals surface area contributed by atoms with Crippen molar-refractivity contribution in [3.8, 4) is 5.75 Å². The van der Waals surface area contributed by atoms with Crippen LogP contribution in [0.4, 0.5) is 5.69 Å². The summed E-state index contributed by atoms with van der Waals surface area (Å²) >= 11 is 6.02. The van der Waals surface area contributed by atoms with Crippen LogP contribution in [0.5, 0.6) is 5.75 Å². The maximum Gasteiger partial charge on any atom is 0.255 e. The first-order valence-corrected chi connectivity index (χ1v) is 8.66. The number of fused-ring (bicyclic) bond motifs is 1. The maximum atomic E-state index is 12.4. The number of hydrogen-bond acceptors (Lipinski definition) is 4. The van der Waals surface area contributed by atoms with Crippen LogP contribution in [0.15, 0.2) is 36.4 Å². The van der Waals surface area contributed by atoms with E-state index in [0.29, 0.717) is 28.6 Å². The third-order valence-corrected chi connectivity index (χ3v) is 4.81. The number of anilines is 1. The number of carbonyl (C=O) groups is 1. The molecule has 0 radical (unpaired) electrons. The van der Waals surface area contributed by atoms with Crippen molar-refractivity contribution in [2.45, 2.75) is 13.0 Å². The lowest BCUT2D eigenvalue weighted by Gasteiger charge is -2.28. The Morgan fingerprint density at radius 3 is 2.84 bits per heavy atom. The number of hydrogen-bond donors (Lipinski definition) is 2. The quantitative estimate of drug-likeness (QED) is 0.805. The summed E-state index contributed by atoms with van der Waals surface area (Å²) in [6.45, 7) is 3.28. The molecule has 1 aliphatic rings. The molecular weight excluding hydrogens is 338 g/mol. The Kier molecular flexibility index (Phi) is 5.46. The lowest BCUT2D eigenvalue weighted by Crippen LogP contribution is -2.37. The van der Waals surface area contributed by atoms with Gasteiger partial charge in [-0.3, -0.25) is 9.69 Å². The summed E-state index contributed by atoms with van der Waals surface area (Å²) in [5, 5.41) is 3.28. The summed E-state index contributed by atoms with van der Waals surface area (Å²) in [4.78, 5) is 14.8. The monoisotopic (exact) mass is 359 g/mol. The van der Waals surface area contributed by atoms with Gasteiger partial charge in [-0.25, -0.2) is 0 Å². The number of nitrogens with one attached hydrogen (secondary N) is 1. The van der Waals surface area contributed by atoms with Gasteiger partial charge in [-0.05, 0) is 23.6 Å². The molecule has 0 spiro atoms. The average Bonchev–Trinajstić information content (AvgIpc) is 2.63. The molecular formula is C19H22ClN3O2. The number of halogens is 1. The molecule has 0 aliphatic carbocycles. The third-order valence-electron chi connectivity index (χ3n) is 4.49. The number of ether oxygens (including phenoxy) is 1. The van der Waals surface area contributed by atoms with Gasteiger partial charge in [-0.2, -0.15) is 0 Å². The van der Waals surface area contributed by atoms with Gasteiger partial charge >= 0.3 is 0 Å². The lowest BCUT2D eigenvalue weighted by molar-refractivity contribution is 0.0944. The first-order valence-electron chi connectivity index (χ1n) is 8.29. The number of nitrogens with two attached hydrogens (primary N) is 1. The molecule has 6 heteroatoms.